The lowest BCUT2D eigenvalue weighted by Crippen LogP contribution is -2.17. The van der Waals surface area contributed by atoms with Crippen molar-refractivity contribution in [1.29, 1.82) is 5.26 Å². The molecule has 0 aromatic heterocycles. The van der Waals surface area contributed by atoms with Crippen molar-refractivity contribution in [2.75, 3.05) is 11.9 Å². The SMILES string of the molecule is Cc1ccc(N(C)Cc2ccccc2Br)c(C#N)c1. The van der Waals surface area contributed by atoms with Crippen molar-refractivity contribution in [2.24, 2.45) is 0 Å². The molecule has 0 saturated heterocycles. The standard InChI is InChI=1S/C16H15BrN2/c1-12-7-8-16(14(9-12)10-18)19(2)11-13-5-3-4-6-15(13)17/h3-9H,11H2,1-2H3. The molecule has 0 heterocycles. The van der Waals surface area contributed by atoms with E-state index in [2.05, 4.69) is 33.0 Å². The Morgan fingerprint density at radius 3 is 2.63 bits per heavy atom. The van der Waals surface area contributed by atoms with Gasteiger partial charge in [-0.3, -0.25) is 0 Å². The second-order valence-corrected chi connectivity index (χ2v) is 5.43. The minimum absolute atomic E-state index is 0.717. The van der Waals surface area contributed by atoms with Crippen LogP contribution in [0, 0.1) is 18.3 Å². The number of benzene rings is 2. The molecule has 19 heavy (non-hydrogen) atoms. The lowest BCUT2D eigenvalue weighted by atomic mass is 10.1. The molecule has 2 nitrogen and oxygen atoms in total. The number of halogens is 1. The van der Waals surface area contributed by atoms with Gasteiger partial charge in [-0.2, -0.15) is 5.26 Å². The van der Waals surface area contributed by atoms with Gasteiger partial charge in [-0.05, 0) is 36.2 Å². The first-order valence-corrected chi connectivity index (χ1v) is 6.86. The van der Waals surface area contributed by atoms with Gasteiger partial charge in [-0.1, -0.05) is 40.2 Å². The third-order valence-electron chi connectivity index (χ3n) is 3.05. The van der Waals surface area contributed by atoms with Gasteiger partial charge in [0.1, 0.15) is 6.07 Å². The molecule has 0 atom stereocenters. The van der Waals surface area contributed by atoms with Gasteiger partial charge < -0.3 is 4.90 Å². The first-order chi connectivity index (χ1) is 9.11. The van der Waals surface area contributed by atoms with Crippen molar-refractivity contribution in [3.63, 3.8) is 0 Å². The van der Waals surface area contributed by atoms with Gasteiger partial charge in [0.15, 0.2) is 0 Å². The Morgan fingerprint density at radius 2 is 1.95 bits per heavy atom. The number of nitriles is 1. The Morgan fingerprint density at radius 1 is 1.21 bits per heavy atom. The molecule has 2 aromatic rings. The summed E-state index contributed by atoms with van der Waals surface area (Å²) < 4.78 is 1.09. The molecule has 0 bridgehead atoms. The van der Waals surface area contributed by atoms with Crippen LogP contribution >= 0.6 is 15.9 Å². The fourth-order valence-corrected chi connectivity index (χ4v) is 2.45. The van der Waals surface area contributed by atoms with E-state index < -0.39 is 0 Å². The van der Waals surface area contributed by atoms with Crippen LogP contribution in [0.1, 0.15) is 16.7 Å². The van der Waals surface area contributed by atoms with Crippen molar-refractivity contribution in [3.8, 4) is 6.07 Å². The first-order valence-electron chi connectivity index (χ1n) is 6.07. The summed E-state index contributed by atoms with van der Waals surface area (Å²) in [4.78, 5) is 2.10. The minimum Gasteiger partial charge on any atom is -0.369 e. The molecule has 0 unspecified atom stereocenters. The molecule has 0 amide bonds. The summed E-state index contributed by atoms with van der Waals surface area (Å²) in [7, 11) is 2.00. The summed E-state index contributed by atoms with van der Waals surface area (Å²) in [6, 6.07) is 16.4. The van der Waals surface area contributed by atoms with Crippen LogP contribution in [-0.4, -0.2) is 7.05 Å². The zero-order valence-electron chi connectivity index (χ0n) is 11.0. The number of hydrogen-bond acceptors (Lipinski definition) is 2. The maximum Gasteiger partial charge on any atom is 0.101 e. The topological polar surface area (TPSA) is 27.0 Å². The zero-order valence-corrected chi connectivity index (χ0v) is 12.6. The Hall–Kier alpha value is -1.79. The average molecular weight is 315 g/mol. The molecule has 0 saturated carbocycles. The van der Waals surface area contributed by atoms with Crippen LogP contribution < -0.4 is 4.90 Å². The van der Waals surface area contributed by atoms with E-state index in [-0.39, 0.29) is 0 Å². The van der Waals surface area contributed by atoms with Gasteiger partial charge in [0.25, 0.3) is 0 Å². The first kappa shape index (κ1) is 13.6. The van der Waals surface area contributed by atoms with Crippen LogP contribution in [0.4, 0.5) is 5.69 Å². The number of aryl methyl sites for hydroxylation is 1. The maximum absolute atomic E-state index is 9.23. The molecule has 0 fully saturated rings. The van der Waals surface area contributed by atoms with Crippen molar-refractivity contribution in [1.82, 2.24) is 0 Å². The van der Waals surface area contributed by atoms with Crippen molar-refractivity contribution in [3.05, 3.63) is 63.6 Å². The van der Waals surface area contributed by atoms with E-state index in [0.717, 1.165) is 27.8 Å². The van der Waals surface area contributed by atoms with E-state index in [1.165, 1.54) is 5.56 Å². The molecule has 2 rings (SSSR count). The predicted molar refractivity (Wildman–Crippen MR) is 82.1 cm³/mol. The van der Waals surface area contributed by atoms with E-state index in [1.54, 1.807) is 0 Å². The van der Waals surface area contributed by atoms with Crippen LogP contribution in [0.3, 0.4) is 0 Å². The Kier molecular flexibility index (Phi) is 4.24. The highest BCUT2D eigenvalue weighted by Crippen LogP contribution is 2.24. The fourth-order valence-electron chi connectivity index (χ4n) is 2.04. The van der Waals surface area contributed by atoms with Gasteiger partial charge in [-0.25, -0.2) is 0 Å². The van der Waals surface area contributed by atoms with Gasteiger partial charge in [0.2, 0.25) is 0 Å². The van der Waals surface area contributed by atoms with E-state index in [4.69, 9.17) is 0 Å². The summed E-state index contributed by atoms with van der Waals surface area (Å²) in [6.45, 7) is 2.76. The highest BCUT2D eigenvalue weighted by Gasteiger charge is 2.09. The van der Waals surface area contributed by atoms with Crippen molar-refractivity contribution >= 4 is 21.6 Å². The summed E-state index contributed by atoms with van der Waals surface area (Å²) in [6.07, 6.45) is 0. The largest absolute Gasteiger partial charge is 0.369 e. The molecule has 0 aliphatic rings. The van der Waals surface area contributed by atoms with Gasteiger partial charge in [0, 0.05) is 18.1 Å². The zero-order chi connectivity index (χ0) is 13.8. The monoisotopic (exact) mass is 314 g/mol. The molecule has 0 radical (unpaired) electrons. The van der Waals surface area contributed by atoms with Crippen molar-refractivity contribution in [2.45, 2.75) is 13.5 Å². The van der Waals surface area contributed by atoms with Gasteiger partial charge in [0.05, 0.1) is 11.3 Å². The normalized spacial score (nSPS) is 10.0. The minimum atomic E-state index is 0.717. The maximum atomic E-state index is 9.23. The van der Waals surface area contributed by atoms with Crippen LogP contribution in [0.15, 0.2) is 46.9 Å². The molecular weight excluding hydrogens is 300 g/mol. The summed E-state index contributed by atoms with van der Waals surface area (Å²) >= 11 is 3.55. The van der Waals surface area contributed by atoms with Gasteiger partial charge in [-0.15, -0.1) is 0 Å². The molecule has 96 valence electrons. The Balaban J connectivity index is 2.28. The van der Waals surface area contributed by atoms with E-state index in [9.17, 15) is 5.26 Å². The number of nitrogens with zero attached hydrogens (tertiary/aromatic N) is 2. The van der Waals surface area contributed by atoms with E-state index in [1.807, 2.05) is 50.4 Å². The molecule has 2 aromatic carbocycles. The van der Waals surface area contributed by atoms with Crippen LogP contribution in [0.25, 0.3) is 0 Å². The van der Waals surface area contributed by atoms with Crippen LogP contribution in [0.5, 0.6) is 0 Å². The average Bonchev–Trinajstić information content (AvgIpc) is 2.41. The lowest BCUT2D eigenvalue weighted by molar-refractivity contribution is 0.916. The van der Waals surface area contributed by atoms with Gasteiger partial charge >= 0.3 is 0 Å². The Labute approximate surface area is 122 Å². The molecule has 0 aliphatic carbocycles. The van der Waals surface area contributed by atoms with E-state index in [0.29, 0.717) is 0 Å². The van der Waals surface area contributed by atoms with E-state index >= 15 is 0 Å². The van der Waals surface area contributed by atoms with Crippen LogP contribution in [-0.2, 0) is 6.54 Å². The quantitative estimate of drug-likeness (QED) is 0.846. The molecule has 3 heteroatoms. The van der Waals surface area contributed by atoms with Crippen molar-refractivity contribution < 1.29 is 0 Å². The predicted octanol–water partition coefficient (Wildman–Crippen LogP) is 4.27. The second-order valence-electron chi connectivity index (χ2n) is 4.58. The third kappa shape index (κ3) is 3.15. The lowest BCUT2D eigenvalue weighted by Gasteiger charge is -2.21. The second kappa shape index (κ2) is 5.90. The third-order valence-corrected chi connectivity index (χ3v) is 3.82. The highest BCUT2D eigenvalue weighted by atomic mass is 79.9. The smallest absolute Gasteiger partial charge is 0.101 e. The summed E-state index contributed by atoms with van der Waals surface area (Å²) in [5, 5.41) is 9.23. The summed E-state index contributed by atoms with van der Waals surface area (Å²) in [5.74, 6) is 0. The highest BCUT2D eigenvalue weighted by molar-refractivity contribution is 9.10. The number of anilines is 1. The number of hydrogen-bond donors (Lipinski definition) is 0. The molecule has 0 N–H and O–H groups in total. The van der Waals surface area contributed by atoms with Crippen LogP contribution in [0.2, 0.25) is 0 Å². The Bertz CT molecular complexity index is 629. The molecular formula is C16H15BrN2. The molecule has 0 spiro atoms. The summed E-state index contributed by atoms with van der Waals surface area (Å²) in [5.41, 5.74) is 3.99. The number of rotatable bonds is 3. The fraction of sp³-hybridized carbons (Fsp3) is 0.188. The molecule has 0 aliphatic heterocycles.